The van der Waals surface area contributed by atoms with Crippen LogP contribution < -0.4 is 0 Å². The van der Waals surface area contributed by atoms with E-state index >= 15 is 0 Å². The Morgan fingerprint density at radius 3 is 2.33 bits per heavy atom. The van der Waals surface area contributed by atoms with Gasteiger partial charge in [-0.1, -0.05) is 23.2 Å². The van der Waals surface area contributed by atoms with Crippen molar-refractivity contribution in [3.63, 3.8) is 0 Å². The summed E-state index contributed by atoms with van der Waals surface area (Å²) in [5, 5.41) is 0. The van der Waals surface area contributed by atoms with Crippen LogP contribution in [0.15, 0.2) is 12.4 Å². The second-order valence-corrected chi connectivity index (χ2v) is 3.04. The fourth-order valence-electron chi connectivity index (χ4n) is 0.678. The third kappa shape index (κ3) is 1.66. The summed E-state index contributed by atoms with van der Waals surface area (Å²) in [6.45, 7) is 0.775. The van der Waals surface area contributed by atoms with E-state index in [1.54, 1.807) is 0 Å². The molecule has 52 valence electrons. The van der Waals surface area contributed by atoms with Crippen LogP contribution in [0, 0.1) is 0 Å². The largest absolute Gasteiger partial charge is 0.362 e. The minimum absolute atomic E-state index is 0.425. The van der Waals surface area contributed by atoms with E-state index in [4.69, 9.17) is 23.2 Å². The van der Waals surface area contributed by atoms with Crippen molar-refractivity contribution in [2.45, 2.75) is 4.96 Å². The van der Waals surface area contributed by atoms with Crippen LogP contribution in [0.25, 0.3) is 0 Å². The molecule has 1 heterocycles. The van der Waals surface area contributed by atoms with Gasteiger partial charge in [0.25, 0.3) is 0 Å². The maximum absolute atomic E-state index is 5.56. The quantitative estimate of drug-likeness (QED) is 0.430. The van der Waals surface area contributed by atoms with E-state index in [2.05, 4.69) is 0 Å². The lowest BCUT2D eigenvalue weighted by molar-refractivity contribution is 0.314. The Labute approximate surface area is 64.6 Å². The zero-order valence-electron chi connectivity index (χ0n) is 5.09. The van der Waals surface area contributed by atoms with E-state index in [-0.39, 0.29) is 0 Å². The number of hydrogen-bond donors (Lipinski definition) is 0. The molecule has 0 bridgehead atoms. The molecule has 0 saturated heterocycles. The van der Waals surface area contributed by atoms with Crippen LogP contribution in [-0.2, 0) is 0 Å². The summed E-state index contributed by atoms with van der Waals surface area (Å²) in [5.41, 5.74) is 0. The van der Waals surface area contributed by atoms with E-state index in [0.717, 1.165) is 6.67 Å². The van der Waals surface area contributed by atoms with Crippen molar-refractivity contribution in [2.75, 3.05) is 13.7 Å². The van der Waals surface area contributed by atoms with Gasteiger partial charge in [-0.15, -0.1) is 0 Å². The maximum atomic E-state index is 5.56. The lowest BCUT2D eigenvalue weighted by Gasteiger charge is -2.18. The highest BCUT2D eigenvalue weighted by atomic mass is 35.5. The molecule has 0 spiro atoms. The van der Waals surface area contributed by atoms with Crippen LogP contribution in [0.4, 0.5) is 0 Å². The molecule has 0 radical (unpaired) electrons. The molecule has 0 aromatic rings. The third-order valence-electron chi connectivity index (χ3n) is 1.15. The van der Waals surface area contributed by atoms with Crippen molar-refractivity contribution in [3.8, 4) is 0 Å². The highest BCUT2D eigenvalue weighted by Crippen LogP contribution is 2.14. The molecule has 0 aliphatic carbocycles. The first-order valence-electron chi connectivity index (χ1n) is 2.62. The SMILES string of the molecule is CN1C=CN(C(Cl)Cl)C1. The van der Waals surface area contributed by atoms with E-state index in [0.29, 0.717) is 0 Å². The van der Waals surface area contributed by atoms with Crippen LogP contribution in [-0.4, -0.2) is 28.5 Å². The van der Waals surface area contributed by atoms with E-state index in [1.807, 2.05) is 29.2 Å². The molecule has 1 rings (SSSR count). The zero-order valence-corrected chi connectivity index (χ0v) is 6.60. The highest BCUT2D eigenvalue weighted by molar-refractivity contribution is 6.43. The standard InChI is InChI=1S/C5H8Cl2N2/c1-8-2-3-9(4-8)5(6)7/h2-3,5H,4H2,1H3. The number of alkyl halides is 2. The summed E-state index contributed by atoms with van der Waals surface area (Å²) in [7, 11) is 1.96. The Morgan fingerprint density at radius 2 is 2.11 bits per heavy atom. The average Bonchev–Trinajstić information content (AvgIpc) is 2.14. The van der Waals surface area contributed by atoms with Crippen molar-refractivity contribution in [3.05, 3.63) is 12.4 Å². The first-order valence-corrected chi connectivity index (χ1v) is 3.50. The fourth-order valence-corrected chi connectivity index (χ4v) is 0.932. The molecule has 0 amide bonds. The Kier molecular flexibility index (Phi) is 2.09. The molecule has 1 aliphatic heterocycles. The van der Waals surface area contributed by atoms with Gasteiger partial charge in [0.2, 0.25) is 0 Å². The van der Waals surface area contributed by atoms with Crippen molar-refractivity contribution in [1.29, 1.82) is 0 Å². The van der Waals surface area contributed by atoms with Crippen LogP contribution in [0.1, 0.15) is 0 Å². The monoisotopic (exact) mass is 166 g/mol. The van der Waals surface area contributed by atoms with Crippen LogP contribution in [0.3, 0.4) is 0 Å². The van der Waals surface area contributed by atoms with E-state index in [1.165, 1.54) is 0 Å². The third-order valence-corrected chi connectivity index (χ3v) is 1.65. The Hall–Kier alpha value is -0.0800. The maximum Gasteiger partial charge on any atom is 0.180 e. The second kappa shape index (κ2) is 2.67. The van der Waals surface area contributed by atoms with Gasteiger partial charge in [0.05, 0.1) is 6.67 Å². The molecule has 9 heavy (non-hydrogen) atoms. The smallest absolute Gasteiger partial charge is 0.180 e. The summed E-state index contributed by atoms with van der Waals surface area (Å²) in [6.07, 6.45) is 3.79. The average molecular weight is 167 g/mol. The van der Waals surface area contributed by atoms with Gasteiger partial charge in [0, 0.05) is 19.4 Å². The Balaban J connectivity index is 2.41. The van der Waals surface area contributed by atoms with E-state index in [9.17, 15) is 0 Å². The molecule has 2 nitrogen and oxygen atoms in total. The number of nitrogens with zero attached hydrogens (tertiary/aromatic N) is 2. The van der Waals surface area contributed by atoms with Gasteiger partial charge < -0.3 is 9.80 Å². The fraction of sp³-hybridized carbons (Fsp3) is 0.600. The zero-order chi connectivity index (χ0) is 6.85. The van der Waals surface area contributed by atoms with Crippen molar-refractivity contribution in [2.24, 2.45) is 0 Å². The molecular formula is C5H8Cl2N2. The van der Waals surface area contributed by atoms with Crippen LogP contribution in [0.5, 0.6) is 0 Å². The highest BCUT2D eigenvalue weighted by Gasteiger charge is 2.13. The normalized spacial score (nSPS) is 18.2. The lowest BCUT2D eigenvalue weighted by Crippen LogP contribution is -2.25. The Morgan fingerprint density at radius 1 is 1.44 bits per heavy atom. The molecular weight excluding hydrogens is 159 g/mol. The summed E-state index contributed by atoms with van der Waals surface area (Å²) in [6, 6.07) is 0. The predicted molar refractivity (Wildman–Crippen MR) is 39.1 cm³/mol. The molecule has 0 atom stereocenters. The minimum Gasteiger partial charge on any atom is -0.362 e. The van der Waals surface area contributed by atoms with Gasteiger partial charge >= 0.3 is 0 Å². The van der Waals surface area contributed by atoms with Gasteiger partial charge in [0.1, 0.15) is 0 Å². The van der Waals surface area contributed by atoms with Gasteiger partial charge in [-0.3, -0.25) is 0 Å². The lowest BCUT2D eigenvalue weighted by atomic mass is 10.8. The molecule has 0 fully saturated rings. The molecule has 0 unspecified atom stereocenters. The van der Waals surface area contributed by atoms with Crippen molar-refractivity contribution in [1.82, 2.24) is 9.80 Å². The summed E-state index contributed by atoms with van der Waals surface area (Å²) in [5.74, 6) is 0. The van der Waals surface area contributed by atoms with Crippen molar-refractivity contribution < 1.29 is 0 Å². The minimum atomic E-state index is -0.425. The summed E-state index contributed by atoms with van der Waals surface area (Å²) in [4.78, 5) is 3.40. The van der Waals surface area contributed by atoms with Gasteiger partial charge in [-0.25, -0.2) is 0 Å². The second-order valence-electron chi connectivity index (χ2n) is 1.99. The number of halogens is 2. The molecule has 0 saturated carbocycles. The summed E-state index contributed by atoms with van der Waals surface area (Å²) < 4.78 is 0. The molecule has 0 aromatic heterocycles. The molecule has 0 N–H and O–H groups in total. The van der Waals surface area contributed by atoms with Gasteiger partial charge in [-0.05, 0) is 0 Å². The van der Waals surface area contributed by atoms with Gasteiger partial charge in [-0.2, -0.15) is 0 Å². The van der Waals surface area contributed by atoms with Crippen molar-refractivity contribution >= 4 is 23.2 Å². The van der Waals surface area contributed by atoms with Gasteiger partial charge in [0.15, 0.2) is 4.96 Å². The van der Waals surface area contributed by atoms with Crippen LogP contribution in [0.2, 0.25) is 0 Å². The topological polar surface area (TPSA) is 6.48 Å². The summed E-state index contributed by atoms with van der Waals surface area (Å²) >= 11 is 11.1. The Bertz CT molecular complexity index is 124. The number of rotatable bonds is 1. The van der Waals surface area contributed by atoms with Crippen LogP contribution >= 0.6 is 23.2 Å². The molecule has 0 aromatic carbocycles. The first kappa shape index (κ1) is 7.03. The predicted octanol–water partition coefficient (Wildman–Crippen LogP) is 1.42. The number of hydrogen-bond acceptors (Lipinski definition) is 2. The first-order chi connectivity index (χ1) is 4.20. The van der Waals surface area contributed by atoms with E-state index < -0.39 is 4.96 Å². The molecule has 1 aliphatic rings. The molecule has 4 heteroatoms.